The maximum absolute atomic E-state index is 12.6. The Labute approximate surface area is 190 Å². The zero-order valence-electron chi connectivity index (χ0n) is 16.5. The van der Waals surface area contributed by atoms with E-state index in [1.54, 1.807) is 0 Å². The highest BCUT2D eigenvalue weighted by Crippen LogP contribution is 2.21. The van der Waals surface area contributed by atoms with E-state index in [4.69, 9.17) is 32.7 Å². The van der Waals surface area contributed by atoms with E-state index in [0.29, 0.717) is 32.0 Å². The standard InChI is InChI=1S/C20H20Cl2N2O6S/c1-13(30-20(26)14-10-15(21)12-16(22)11-14)19(25)23-17-2-4-18(5-3-17)31(27,28)24-6-8-29-9-7-24/h2-5,10-13H,6-9H2,1H3,(H,23,25). The largest absolute Gasteiger partial charge is 0.449 e. The highest BCUT2D eigenvalue weighted by Gasteiger charge is 2.26. The highest BCUT2D eigenvalue weighted by atomic mass is 35.5. The molecule has 0 aromatic heterocycles. The lowest BCUT2D eigenvalue weighted by molar-refractivity contribution is -0.123. The molecule has 1 aliphatic heterocycles. The molecule has 0 saturated carbocycles. The lowest BCUT2D eigenvalue weighted by Gasteiger charge is -2.26. The lowest BCUT2D eigenvalue weighted by atomic mass is 10.2. The molecule has 2 aromatic carbocycles. The minimum absolute atomic E-state index is 0.115. The van der Waals surface area contributed by atoms with Crippen molar-refractivity contribution in [3.8, 4) is 0 Å². The van der Waals surface area contributed by atoms with Gasteiger partial charge in [-0.1, -0.05) is 23.2 Å². The van der Waals surface area contributed by atoms with Gasteiger partial charge in [0.05, 0.1) is 23.7 Å². The number of hydrogen-bond donors (Lipinski definition) is 1. The Morgan fingerprint density at radius 1 is 1.06 bits per heavy atom. The summed E-state index contributed by atoms with van der Waals surface area (Å²) in [7, 11) is -3.63. The molecule has 1 fully saturated rings. The number of nitrogens with one attached hydrogen (secondary N) is 1. The van der Waals surface area contributed by atoms with E-state index in [9.17, 15) is 18.0 Å². The second-order valence-corrected chi connectivity index (χ2v) is 9.55. The number of hydrogen-bond acceptors (Lipinski definition) is 6. The SMILES string of the molecule is CC(OC(=O)c1cc(Cl)cc(Cl)c1)C(=O)Nc1ccc(S(=O)(=O)N2CCOCC2)cc1. The minimum atomic E-state index is -3.63. The van der Waals surface area contributed by atoms with E-state index in [1.807, 2.05) is 0 Å². The molecule has 31 heavy (non-hydrogen) atoms. The molecule has 1 unspecified atom stereocenters. The number of esters is 1. The first-order valence-electron chi connectivity index (χ1n) is 9.33. The number of morpholine rings is 1. The molecule has 0 bridgehead atoms. The van der Waals surface area contributed by atoms with E-state index in [-0.39, 0.29) is 20.5 Å². The van der Waals surface area contributed by atoms with Gasteiger partial charge in [0.15, 0.2) is 6.10 Å². The number of sulfonamides is 1. The third-order valence-electron chi connectivity index (χ3n) is 4.48. The average molecular weight is 487 g/mol. The monoisotopic (exact) mass is 486 g/mol. The normalized spacial score (nSPS) is 15.8. The highest BCUT2D eigenvalue weighted by molar-refractivity contribution is 7.89. The number of carbonyl (C=O) groups excluding carboxylic acids is 2. The van der Waals surface area contributed by atoms with Gasteiger partial charge in [0.2, 0.25) is 10.0 Å². The van der Waals surface area contributed by atoms with Gasteiger partial charge in [-0.2, -0.15) is 4.31 Å². The van der Waals surface area contributed by atoms with Crippen LogP contribution in [-0.4, -0.2) is 57.0 Å². The summed E-state index contributed by atoms with van der Waals surface area (Å²) in [6.07, 6.45) is -1.11. The van der Waals surface area contributed by atoms with Crippen LogP contribution in [0.4, 0.5) is 5.69 Å². The molecule has 0 aliphatic carbocycles. The molecule has 1 atom stereocenters. The molecule has 1 aliphatic rings. The van der Waals surface area contributed by atoms with E-state index < -0.39 is 28.0 Å². The molecule has 2 aromatic rings. The Bertz CT molecular complexity index is 1050. The summed E-state index contributed by atoms with van der Waals surface area (Å²) in [6.45, 7) is 2.70. The Morgan fingerprint density at radius 2 is 1.65 bits per heavy atom. The number of rotatable bonds is 6. The Balaban J connectivity index is 1.61. The maximum Gasteiger partial charge on any atom is 0.339 e. The smallest absolute Gasteiger partial charge is 0.339 e. The van der Waals surface area contributed by atoms with Crippen LogP contribution in [0.5, 0.6) is 0 Å². The summed E-state index contributed by atoms with van der Waals surface area (Å²) in [4.78, 5) is 24.7. The topological polar surface area (TPSA) is 102 Å². The summed E-state index contributed by atoms with van der Waals surface area (Å²) < 4.78 is 37.0. The molecule has 1 amide bonds. The molecule has 3 rings (SSSR count). The Kier molecular flexibility index (Phi) is 7.55. The van der Waals surface area contributed by atoms with Crippen LogP contribution >= 0.6 is 23.2 Å². The molecule has 0 radical (unpaired) electrons. The quantitative estimate of drug-likeness (QED) is 0.628. The number of amides is 1. The van der Waals surface area contributed by atoms with Gasteiger partial charge in [0, 0.05) is 28.8 Å². The first-order chi connectivity index (χ1) is 14.7. The van der Waals surface area contributed by atoms with Crippen LogP contribution in [0.1, 0.15) is 17.3 Å². The molecule has 166 valence electrons. The lowest BCUT2D eigenvalue weighted by Crippen LogP contribution is -2.40. The molecule has 11 heteroatoms. The molecule has 1 heterocycles. The van der Waals surface area contributed by atoms with Crippen molar-refractivity contribution in [1.82, 2.24) is 4.31 Å². The van der Waals surface area contributed by atoms with Crippen molar-refractivity contribution in [2.45, 2.75) is 17.9 Å². The van der Waals surface area contributed by atoms with Crippen molar-refractivity contribution in [3.63, 3.8) is 0 Å². The van der Waals surface area contributed by atoms with Crippen LogP contribution in [0.15, 0.2) is 47.4 Å². The Morgan fingerprint density at radius 3 is 2.23 bits per heavy atom. The van der Waals surface area contributed by atoms with Crippen LogP contribution in [0.2, 0.25) is 10.0 Å². The van der Waals surface area contributed by atoms with Gasteiger partial charge in [0.25, 0.3) is 5.91 Å². The van der Waals surface area contributed by atoms with Crippen molar-refractivity contribution in [1.29, 1.82) is 0 Å². The molecule has 1 N–H and O–H groups in total. The van der Waals surface area contributed by atoms with Crippen LogP contribution in [0.25, 0.3) is 0 Å². The van der Waals surface area contributed by atoms with Gasteiger partial charge >= 0.3 is 5.97 Å². The summed E-state index contributed by atoms with van der Waals surface area (Å²) in [5.74, 6) is -1.33. The van der Waals surface area contributed by atoms with Crippen molar-refractivity contribution >= 4 is 50.8 Å². The average Bonchev–Trinajstić information content (AvgIpc) is 2.74. The van der Waals surface area contributed by atoms with Crippen LogP contribution < -0.4 is 5.32 Å². The number of anilines is 1. The first kappa shape index (κ1) is 23.5. The molecule has 1 saturated heterocycles. The van der Waals surface area contributed by atoms with Gasteiger partial charge in [-0.15, -0.1) is 0 Å². The summed E-state index contributed by atoms with van der Waals surface area (Å²) in [5.41, 5.74) is 0.481. The first-order valence-corrected chi connectivity index (χ1v) is 11.5. The number of ether oxygens (including phenoxy) is 2. The fourth-order valence-corrected chi connectivity index (χ4v) is 4.78. The van der Waals surface area contributed by atoms with Gasteiger partial charge in [-0.3, -0.25) is 4.79 Å². The van der Waals surface area contributed by atoms with Gasteiger partial charge < -0.3 is 14.8 Å². The molecule has 8 nitrogen and oxygen atoms in total. The van der Waals surface area contributed by atoms with Crippen molar-refractivity contribution in [2.24, 2.45) is 0 Å². The van der Waals surface area contributed by atoms with Crippen LogP contribution in [0, 0.1) is 0 Å². The molecular formula is C20H20Cl2N2O6S. The maximum atomic E-state index is 12.6. The Hall–Kier alpha value is -2.17. The van der Waals surface area contributed by atoms with Crippen LogP contribution in [-0.2, 0) is 24.3 Å². The van der Waals surface area contributed by atoms with Gasteiger partial charge in [0.1, 0.15) is 0 Å². The predicted molar refractivity (Wildman–Crippen MR) is 116 cm³/mol. The zero-order valence-corrected chi connectivity index (χ0v) is 18.8. The summed E-state index contributed by atoms with van der Waals surface area (Å²) in [6, 6.07) is 9.99. The van der Waals surface area contributed by atoms with Crippen molar-refractivity contribution in [2.75, 3.05) is 31.6 Å². The van der Waals surface area contributed by atoms with E-state index in [2.05, 4.69) is 5.32 Å². The van der Waals surface area contributed by atoms with Gasteiger partial charge in [-0.25, -0.2) is 13.2 Å². The third-order valence-corrected chi connectivity index (χ3v) is 6.83. The molecule has 0 spiro atoms. The van der Waals surface area contributed by atoms with Crippen molar-refractivity contribution < 1.29 is 27.5 Å². The fourth-order valence-electron chi connectivity index (χ4n) is 2.84. The second-order valence-electron chi connectivity index (χ2n) is 6.74. The van der Waals surface area contributed by atoms with Crippen LogP contribution in [0.3, 0.4) is 0 Å². The third kappa shape index (κ3) is 5.96. The van der Waals surface area contributed by atoms with Crippen molar-refractivity contribution in [3.05, 3.63) is 58.1 Å². The second kappa shape index (κ2) is 9.97. The van der Waals surface area contributed by atoms with E-state index >= 15 is 0 Å². The fraction of sp³-hybridized carbons (Fsp3) is 0.300. The van der Waals surface area contributed by atoms with Gasteiger partial charge in [-0.05, 0) is 49.4 Å². The minimum Gasteiger partial charge on any atom is -0.449 e. The molecular weight excluding hydrogens is 467 g/mol. The predicted octanol–water partition coefficient (Wildman–Crippen LogP) is 3.20. The number of nitrogens with zero attached hydrogens (tertiary/aromatic N) is 1. The van der Waals surface area contributed by atoms with E-state index in [0.717, 1.165) is 0 Å². The zero-order chi connectivity index (χ0) is 22.6. The number of halogens is 2. The van der Waals surface area contributed by atoms with E-state index in [1.165, 1.54) is 53.7 Å². The summed E-state index contributed by atoms with van der Waals surface area (Å²) >= 11 is 11.7. The number of carbonyl (C=O) groups is 2. The number of benzene rings is 2. The summed E-state index contributed by atoms with van der Waals surface area (Å²) in [5, 5.41) is 3.12.